The summed E-state index contributed by atoms with van der Waals surface area (Å²) in [6, 6.07) is 15.9. The highest BCUT2D eigenvalue weighted by atomic mass is 16.5. The predicted molar refractivity (Wildman–Crippen MR) is 109 cm³/mol. The number of benzene rings is 2. The van der Waals surface area contributed by atoms with E-state index in [-0.39, 0.29) is 17.8 Å². The minimum absolute atomic E-state index is 0.0889. The number of carboxylic acid groups (broad SMARTS) is 1. The molecule has 152 valence electrons. The fourth-order valence-corrected chi connectivity index (χ4v) is 5.30. The number of para-hydroxylation sites is 1. The third kappa shape index (κ3) is 3.22. The number of hydrogen-bond donors (Lipinski definition) is 1. The topological polar surface area (TPSA) is 59.0 Å². The van der Waals surface area contributed by atoms with Crippen LogP contribution in [0.15, 0.2) is 48.5 Å². The van der Waals surface area contributed by atoms with Gasteiger partial charge in [0.25, 0.3) is 0 Å². The van der Waals surface area contributed by atoms with Crippen LogP contribution in [0.2, 0.25) is 0 Å². The lowest BCUT2D eigenvalue weighted by molar-refractivity contribution is -0.162. The van der Waals surface area contributed by atoms with Gasteiger partial charge in [-0.25, -0.2) is 4.79 Å². The van der Waals surface area contributed by atoms with Gasteiger partial charge in [0.05, 0.1) is 17.8 Å². The van der Waals surface area contributed by atoms with Crippen molar-refractivity contribution in [2.75, 3.05) is 6.54 Å². The summed E-state index contributed by atoms with van der Waals surface area (Å²) in [7, 11) is 0. The highest BCUT2D eigenvalue weighted by molar-refractivity contribution is 5.87. The van der Waals surface area contributed by atoms with Crippen LogP contribution in [0.3, 0.4) is 0 Å². The Kier molecular flexibility index (Phi) is 4.41. The average molecular weight is 393 g/mol. The Labute approximate surface area is 171 Å². The highest BCUT2D eigenvalue weighted by Gasteiger charge is 2.52. The van der Waals surface area contributed by atoms with Gasteiger partial charge in [-0.05, 0) is 50.5 Å². The first-order chi connectivity index (χ1) is 13.9. The van der Waals surface area contributed by atoms with E-state index in [1.54, 1.807) is 12.1 Å². The Morgan fingerprint density at radius 1 is 1.17 bits per heavy atom. The molecule has 2 saturated heterocycles. The van der Waals surface area contributed by atoms with Crippen molar-refractivity contribution in [1.29, 1.82) is 0 Å². The number of rotatable bonds is 3. The molecular formula is C24H27NO4. The lowest BCUT2D eigenvalue weighted by Crippen LogP contribution is -2.53. The van der Waals surface area contributed by atoms with E-state index in [4.69, 9.17) is 14.6 Å². The van der Waals surface area contributed by atoms with E-state index in [2.05, 4.69) is 30.9 Å². The Morgan fingerprint density at radius 2 is 1.93 bits per heavy atom. The van der Waals surface area contributed by atoms with Crippen molar-refractivity contribution in [1.82, 2.24) is 4.90 Å². The Balaban J connectivity index is 1.36. The van der Waals surface area contributed by atoms with Gasteiger partial charge in [-0.2, -0.15) is 0 Å². The fourth-order valence-electron chi connectivity index (χ4n) is 5.30. The monoisotopic (exact) mass is 393 g/mol. The molecule has 3 aliphatic heterocycles. The minimum Gasteiger partial charge on any atom is -0.487 e. The lowest BCUT2D eigenvalue weighted by Gasteiger charge is -2.50. The van der Waals surface area contributed by atoms with Crippen LogP contribution in [-0.4, -0.2) is 40.3 Å². The Bertz CT molecular complexity index is 923. The molecule has 1 N–H and O–H groups in total. The molecule has 29 heavy (non-hydrogen) atoms. The summed E-state index contributed by atoms with van der Waals surface area (Å²) in [5.74, 6) is 0.364. The summed E-state index contributed by atoms with van der Waals surface area (Å²) >= 11 is 0. The maximum Gasteiger partial charge on any atom is 0.335 e. The van der Waals surface area contributed by atoms with E-state index in [1.165, 1.54) is 5.56 Å². The van der Waals surface area contributed by atoms with Crippen molar-refractivity contribution in [3.05, 3.63) is 65.2 Å². The molecule has 0 aromatic heterocycles. The largest absolute Gasteiger partial charge is 0.487 e. The first-order valence-corrected chi connectivity index (χ1v) is 10.4. The van der Waals surface area contributed by atoms with Crippen LogP contribution in [0.4, 0.5) is 0 Å². The number of likely N-dealkylation sites (tertiary alicyclic amines) is 1. The molecule has 5 rings (SSSR count). The van der Waals surface area contributed by atoms with Crippen molar-refractivity contribution < 1.29 is 19.4 Å². The SMILES string of the molecule is CC1(C)Oc2ccccc2[C@H]2O[C@H]3CCN(Cc4ccc(C(=O)O)cc4)[C@@H]3C[C@@H]21. The van der Waals surface area contributed by atoms with Crippen LogP contribution in [0.1, 0.15) is 54.3 Å². The molecule has 0 bridgehead atoms. The van der Waals surface area contributed by atoms with Crippen LogP contribution < -0.4 is 4.74 Å². The van der Waals surface area contributed by atoms with Gasteiger partial charge < -0.3 is 14.6 Å². The first-order valence-electron chi connectivity index (χ1n) is 10.4. The molecule has 4 atom stereocenters. The molecule has 3 heterocycles. The molecular weight excluding hydrogens is 366 g/mol. The lowest BCUT2D eigenvalue weighted by atomic mass is 9.74. The van der Waals surface area contributed by atoms with E-state index >= 15 is 0 Å². The van der Waals surface area contributed by atoms with Gasteiger partial charge in [-0.15, -0.1) is 0 Å². The van der Waals surface area contributed by atoms with Crippen LogP contribution in [0.25, 0.3) is 0 Å². The van der Waals surface area contributed by atoms with Gasteiger partial charge in [0.15, 0.2) is 0 Å². The number of nitrogens with zero attached hydrogens (tertiary/aromatic N) is 1. The second-order valence-corrected chi connectivity index (χ2v) is 9.01. The van der Waals surface area contributed by atoms with Crippen molar-refractivity contribution in [3.8, 4) is 5.75 Å². The minimum atomic E-state index is -0.885. The molecule has 3 aliphatic rings. The van der Waals surface area contributed by atoms with Crippen LogP contribution in [0, 0.1) is 5.92 Å². The summed E-state index contributed by atoms with van der Waals surface area (Å²) in [5.41, 5.74) is 2.37. The van der Waals surface area contributed by atoms with Gasteiger partial charge in [0, 0.05) is 30.6 Å². The predicted octanol–water partition coefficient (Wildman–Crippen LogP) is 4.28. The zero-order chi connectivity index (χ0) is 20.2. The number of carboxylic acids is 1. The van der Waals surface area contributed by atoms with E-state index in [0.29, 0.717) is 17.5 Å². The molecule has 0 spiro atoms. The van der Waals surface area contributed by atoms with E-state index in [9.17, 15) is 4.79 Å². The van der Waals surface area contributed by atoms with Crippen LogP contribution >= 0.6 is 0 Å². The zero-order valence-corrected chi connectivity index (χ0v) is 16.9. The third-order valence-electron chi connectivity index (χ3n) is 6.86. The van der Waals surface area contributed by atoms with E-state index in [0.717, 1.165) is 37.2 Å². The molecule has 0 saturated carbocycles. The summed E-state index contributed by atoms with van der Waals surface area (Å²) < 4.78 is 13.1. The van der Waals surface area contributed by atoms with Crippen molar-refractivity contribution in [3.63, 3.8) is 0 Å². The maximum absolute atomic E-state index is 11.1. The summed E-state index contributed by atoms with van der Waals surface area (Å²) in [6.45, 7) is 6.17. The maximum atomic E-state index is 11.1. The first kappa shape index (κ1) is 18.6. The second-order valence-electron chi connectivity index (χ2n) is 9.01. The molecule has 5 nitrogen and oxygen atoms in total. The molecule has 0 radical (unpaired) electrons. The number of fused-ring (bicyclic) bond motifs is 4. The number of carbonyl (C=O) groups is 1. The summed E-state index contributed by atoms with van der Waals surface area (Å²) in [4.78, 5) is 13.6. The Hall–Kier alpha value is -2.37. The van der Waals surface area contributed by atoms with Crippen LogP contribution in [0.5, 0.6) is 5.75 Å². The number of hydrogen-bond acceptors (Lipinski definition) is 4. The van der Waals surface area contributed by atoms with Gasteiger partial charge >= 0.3 is 5.97 Å². The fraction of sp³-hybridized carbons (Fsp3) is 0.458. The van der Waals surface area contributed by atoms with Crippen molar-refractivity contribution in [2.24, 2.45) is 5.92 Å². The molecule has 2 fully saturated rings. The zero-order valence-electron chi connectivity index (χ0n) is 16.9. The molecule has 2 aromatic rings. The van der Waals surface area contributed by atoms with E-state index in [1.807, 2.05) is 24.3 Å². The van der Waals surface area contributed by atoms with Crippen molar-refractivity contribution in [2.45, 2.75) is 57.1 Å². The summed E-state index contributed by atoms with van der Waals surface area (Å²) in [6.07, 6.45) is 2.40. The van der Waals surface area contributed by atoms with Gasteiger partial charge in [-0.3, -0.25) is 4.90 Å². The van der Waals surface area contributed by atoms with Crippen LogP contribution in [-0.2, 0) is 11.3 Å². The molecule has 0 aliphatic carbocycles. The normalized spacial score (nSPS) is 30.0. The molecule has 0 amide bonds. The Morgan fingerprint density at radius 3 is 2.69 bits per heavy atom. The van der Waals surface area contributed by atoms with Gasteiger partial charge in [0.2, 0.25) is 0 Å². The smallest absolute Gasteiger partial charge is 0.335 e. The number of aromatic carboxylic acids is 1. The highest BCUT2D eigenvalue weighted by Crippen LogP contribution is 2.52. The average Bonchev–Trinajstić information content (AvgIpc) is 3.09. The quantitative estimate of drug-likeness (QED) is 0.844. The molecule has 2 aromatic carbocycles. The number of ether oxygens (including phenoxy) is 2. The van der Waals surface area contributed by atoms with Gasteiger partial charge in [-0.1, -0.05) is 30.3 Å². The summed E-state index contributed by atoms with van der Waals surface area (Å²) in [5, 5.41) is 9.10. The van der Waals surface area contributed by atoms with Crippen molar-refractivity contribution >= 4 is 5.97 Å². The van der Waals surface area contributed by atoms with Gasteiger partial charge in [0.1, 0.15) is 11.4 Å². The third-order valence-corrected chi connectivity index (χ3v) is 6.86. The second kappa shape index (κ2) is 6.85. The molecule has 0 unspecified atom stereocenters. The standard InChI is InChI=1S/C24H27NO4/c1-24(2)18-13-19-21(28-22(18)17-5-3-4-6-20(17)29-24)11-12-25(19)14-15-7-9-16(10-8-15)23(26)27/h3-10,18-19,21-22H,11-14H2,1-2H3,(H,26,27)/t18-,19+,21-,22+/m0/s1. The molecule has 5 heteroatoms. The van der Waals surface area contributed by atoms with E-state index < -0.39 is 5.97 Å².